The van der Waals surface area contributed by atoms with E-state index in [-0.39, 0.29) is 23.1 Å². The number of nitrogens with zero attached hydrogens (tertiary/aromatic N) is 1. The fraction of sp³-hybridized carbons (Fsp3) is 0.217. The highest BCUT2D eigenvalue weighted by atomic mass is 32.2. The van der Waals surface area contributed by atoms with Gasteiger partial charge in [0.2, 0.25) is 20.0 Å². The second-order valence-electron chi connectivity index (χ2n) is 7.55. The van der Waals surface area contributed by atoms with Gasteiger partial charge in [0.05, 0.1) is 23.1 Å². The zero-order valence-corrected chi connectivity index (χ0v) is 19.7. The summed E-state index contributed by atoms with van der Waals surface area (Å²) in [5.74, 6) is 0. The molecule has 0 unspecified atom stereocenters. The fourth-order valence-corrected chi connectivity index (χ4v) is 4.99. The van der Waals surface area contributed by atoms with Crippen molar-refractivity contribution in [2.75, 3.05) is 13.3 Å². The average molecular weight is 474 g/mol. The van der Waals surface area contributed by atoms with Gasteiger partial charge in [-0.25, -0.2) is 16.8 Å². The van der Waals surface area contributed by atoms with Crippen LogP contribution in [0.25, 0.3) is 0 Å². The van der Waals surface area contributed by atoms with Gasteiger partial charge in [0.15, 0.2) is 0 Å². The molecule has 0 heterocycles. The van der Waals surface area contributed by atoms with E-state index in [1.165, 1.54) is 0 Å². The highest BCUT2D eigenvalue weighted by molar-refractivity contribution is 7.89. The molecule has 0 aliphatic rings. The number of hydrogen-bond acceptors (Lipinski definition) is 5. The van der Waals surface area contributed by atoms with Crippen molar-refractivity contribution in [1.29, 1.82) is 0 Å². The standard InChI is InChI=1S/C23H27N3O4S2/c1-19-8-12-22(13-9-19)31(27,28)24-17-26(16-21-6-4-3-5-7-21)18-25-32(29,30)23-14-10-20(2)11-15-23/h3-15,24-25H,16-18H2,1-2H3. The van der Waals surface area contributed by atoms with Crippen molar-refractivity contribution in [3.63, 3.8) is 0 Å². The van der Waals surface area contributed by atoms with E-state index in [1.807, 2.05) is 44.2 Å². The lowest BCUT2D eigenvalue weighted by atomic mass is 10.2. The topological polar surface area (TPSA) is 95.6 Å². The second kappa shape index (κ2) is 10.4. The first-order valence-corrected chi connectivity index (χ1v) is 13.0. The number of benzene rings is 3. The van der Waals surface area contributed by atoms with Crippen LogP contribution in [-0.4, -0.2) is 35.1 Å². The molecule has 7 nitrogen and oxygen atoms in total. The summed E-state index contributed by atoms with van der Waals surface area (Å²) in [7, 11) is -7.49. The highest BCUT2D eigenvalue weighted by Crippen LogP contribution is 2.12. The van der Waals surface area contributed by atoms with Gasteiger partial charge in [0.25, 0.3) is 0 Å². The highest BCUT2D eigenvalue weighted by Gasteiger charge is 2.19. The molecule has 0 atom stereocenters. The number of sulfonamides is 2. The summed E-state index contributed by atoms with van der Waals surface area (Å²) in [5, 5.41) is 0. The molecule has 0 saturated heterocycles. The van der Waals surface area contributed by atoms with Crippen LogP contribution in [0.2, 0.25) is 0 Å². The second-order valence-corrected chi connectivity index (χ2v) is 11.1. The molecule has 0 amide bonds. The summed E-state index contributed by atoms with van der Waals surface area (Å²) in [6, 6.07) is 22.5. The van der Waals surface area contributed by atoms with Gasteiger partial charge in [-0.05, 0) is 43.7 Å². The minimum atomic E-state index is -3.74. The van der Waals surface area contributed by atoms with Gasteiger partial charge < -0.3 is 0 Å². The van der Waals surface area contributed by atoms with E-state index in [4.69, 9.17) is 0 Å². The van der Waals surface area contributed by atoms with Gasteiger partial charge in [0, 0.05) is 6.54 Å². The molecule has 0 spiro atoms. The van der Waals surface area contributed by atoms with Gasteiger partial charge in [0.1, 0.15) is 0 Å². The van der Waals surface area contributed by atoms with Crippen LogP contribution in [0.5, 0.6) is 0 Å². The lowest BCUT2D eigenvalue weighted by molar-refractivity contribution is 0.258. The van der Waals surface area contributed by atoms with E-state index in [0.717, 1.165) is 16.7 Å². The van der Waals surface area contributed by atoms with Crippen LogP contribution in [-0.2, 0) is 26.6 Å². The Bertz CT molecular complexity index is 1150. The molecule has 3 aromatic carbocycles. The Morgan fingerprint density at radius 1 is 0.625 bits per heavy atom. The van der Waals surface area contributed by atoms with E-state index in [1.54, 1.807) is 53.4 Å². The van der Waals surface area contributed by atoms with Crippen molar-refractivity contribution in [2.45, 2.75) is 30.2 Å². The predicted molar refractivity (Wildman–Crippen MR) is 125 cm³/mol. The molecule has 0 aliphatic carbocycles. The molecule has 32 heavy (non-hydrogen) atoms. The van der Waals surface area contributed by atoms with Crippen LogP contribution in [0.15, 0.2) is 88.7 Å². The molecule has 0 aliphatic heterocycles. The van der Waals surface area contributed by atoms with Gasteiger partial charge >= 0.3 is 0 Å². The monoisotopic (exact) mass is 473 g/mol. The molecule has 3 rings (SSSR count). The maximum Gasteiger partial charge on any atom is 0.241 e. The zero-order chi connectivity index (χ0) is 23.2. The number of aryl methyl sites for hydroxylation is 2. The average Bonchev–Trinajstić information content (AvgIpc) is 2.77. The van der Waals surface area contributed by atoms with E-state index >= 15 is 0 Å². The lowest BCUT2D eigenvalue weighted by Gasteiger charge is -2.23. The Hall–Kier alpha value is -2.56. The molecule has 170 valence electrons. The van der Waals surface area contributed by atoms with E-state index in [2.05, 4.69) is 9.44 Å². The van der Waals surface area contributed by atoms with E-state index < -0.39 is 20.0 Å². The van der Waals surface area contributed by atoms with Gasteiger partial charge in [-0.2, -0.15) is 9.44 Å². The molecular weight excluding hydrogens is 446 g/mol. The van der Waals surface area contributed by atoms with Crippen LogP contribution in [0, 0.1) is 13.8 Å². The van der Waals surface area contributed by atoms with E-state index in [9.17, 15) is 16.8 Å². The van der Waals surface area contributed by atoms with Crippen molar-refractivity contribution in [3.05, 3.63) is 95.6 Å². The minimum absolute atomic E-state index is 0.0679. The van der Waals surface area contributed by atoms with Crippen LogP contribution in [0.3, 0.4) is 0 Å². The molecule has 3 aromatic rings. The van der Waals surface area contributed by atoms with Crippen LogP contribution in [0.1, 0.15) is 16.7 Å². The molecule has 0 radical (unpaired) electrons. The van der Waals surface area contributed by atoms with Crippen molar-refractivity contribution < 1.29 is 16.8 Å². The molecule has 0 bridgehead atoms. The van der Waals surface area contributed by atoms with E-state index in [0.29, 0.717) is 6.54 Å². The van der Waals surface area contributed by atoms with Crippen LogP contribution >= 0.6 is 0 Å². The van der Waals surface area contributed by atoms with Crippen molar-refractivity contribution in [1.82, 2.24) is 14.3 Å². The Morgan fingerprint density at radius 3 is 1.44 bits per heavy atom. The Morgan fingerprint density at radius 2 is 1.03 bits per heavy atom. The van der Waals surface area contributed by atoms with Crippen LogP contribution < -0.4 is 9.44 Å². The third kappa shape index (κ3) is 6.72. The maximum absolute atomic E-state index is 12.7. The molecule has 0 aromatic heterocycles. The zero-order valence-electron chi connectivity index (χ0n) is 18.0. The Labute approximate surface area is 190 Å². The largest absolute Gasteiger partial charge is 0.272 e. The molecule has 9 heteroatoms. The Kier molecular flexibility index (Phi) is 7.81. The van der Waals surface area contributed by atoms with Gasteiger partial charge in [-0.3, -0.25) is 4.90 Å². The summed E-state index contributed by atoms with van der Waals surface area (Å²) in [5.41, 5.74) is 2.84. The normalized spacial score (nSPS) is 12.2. The third-order valence-electron chi connectivity index (χ3n) is 4.87. The van der Waals surface area contributed by atoms with Crippen LogP contribution in [0.4, 0.5) is 0 Å². The summed E-state index contributed by atoms with van der Waals surface area (Å²) in [6.45, 7) is 3.98. The summed E-state index contributed by atoms with van der Waals surface area (Å²) in [4.78, 5) is 1.98. The first kappa shape index (κ1) is 24.1. The number of nitrogens with one attached hydrogen (secondary N) is 2. The van der Waals surface area contributed by atoms with Crippen molar-refractivity contribution in [2.24, 2.45) is 0 Å². The van der Waals surface area contributed by atoms with Gasteiger partial charge in [-0.15, -0.1) is 0 Å². The maximum atomic E-state index is 12.7. The SMILES string of the molecule is Cc1ccc(S(=O)(=O)NCN(CNS(=O)(=O)c2ccc(C)cc2)Cc2ccccc2)cc1. The molecule has 0 saturated carbocycles. The quantitative estimate of drug-likeness (QED) is 0.442. The summed E-state index contributed by atoms with van der Waals surface area (Å²) < 4.78 is 55.8. The number of hydrogen-bond donors (Lipinski definition) is 2. The molecule has 0 fully saturated rings. The Balaban J connectivity index is 1.73. The predicted octanol–water partition coefficient (Wildman–Crippen LogP) is 2.98. The fourth-order valence-electron chi connectivity index (χ4n) is 2.96. The molecule has 2 N–H and O–H groups in total. The molecular formula is C23H27N3O4S2. The lowest BCUT2D eigenvalue weighted by Crippen LogP contribution is -2.43. The smallest absolute Gasteiger partial charge is 0.241 e. The summed E-state index contributed by atoms with van der Waals surface area (Å²) in [6.07, 6.45) is 0. The van der Waals surface area contributed by atoms with Crippen molar-refractivity contribution in [3.8, 4) is 0 Å². The van der Waals surface area contributed by atoms with Gasteiger partial charge in [-0.1, -0.05) is 65.7 Å². The van der Waals surface area contributed by atoms with Crippen molar-refractivity contribution >= 4 is 20.0 Å². The first-order valence-electron chi connectivity index (χ1n) is 10.0. The third-order valence-corrected chi connectivity index (χ3v) is 7.67. The summed E-state index contributed by atoms with van der Waals surface area (Å²) >= 11 is 0. The minimum Gasteiger partial charge on any atom is -0.272 e. The number of rotatable bonds is 10. The first-order chi connectivity index (χ1) is 15.2.